The molecule has 1 aromatic carbocycles. The van der Waals surface area contributed by atoms with Gasteiger partial charge < -0.3 is 14.8 Å². The highest BCUT2D eigenvalue weighted by molar-refractivity contribution is 5.82. The van der Waals surface area contributed by atoms with Crippen LogP contribution in [0.15, 0.2) is 24.3 Å². The van der Waals surface area contributed by atoms with Crippen molar-refractivity contribution in [2.75, 3.05) is 19.8 Å². The predicted molar refractivity (Wildman–Crippen MR) is 80.3 cm³/mol. The van der Waals surface area contributed by atoms with Crippen molar-refractivity contribution >= 4 is 11.9 Å². The molecule has 0 atom stereocenters. The zero-order valence-electron chi connectivity index (χ0n) is 13.1. The molecule has 0 bridgehead atoms. The van der Waals surface area contributed by atoms with Crippen LogP contribution in [0.1, 0.15) is 33.3 Å². The lowest BCUT2D eigenvalue weighted by atomic mass is 9.86. The Kier molecular flexibility index (Phi) is 6.21. The molecule has 0 unspecified atom stereocenters. The number of amides is 1. The third kappa shape index (κ3) is 5.85. The first-order valence-corrected chi connectivity index (χ1v) is 6.99. The lowest BCUT2D eigenvalue weighted by molar-refractivity contribution is -0.143. The number of carbonyl (C=O) groups is 2. The third-order valence-corrected chi connectivity index (χ3v) is 2.79. The molecule has 1 rings (SSSR count). The first-order valence-electron chi connectivity index (χ1n) is 6.99. The van der Waals surface area contributed by atoms with Crippen LogP contribution >= 0.6 is 0 Å². The summed E-state index contributed by atoms with van der Waals surface area (Å²) in [4.78, 5) is 22.8. The molecular formula is C16H23NO4. The molecule has 0 saturated carbocycles. The standard InChI is InChI=1S/C16H23NO4/c1-5-20-15(19)10-17-14(18)11-21-13-9-7-6-8-12(13)16(2,3)4/h6-9H,5,10-11H2,1-4H3,(H,17,18). The van der Waals surface area contributed by atoms with Crippen LogP contribution < -0.4 is 10.1 Å². The number of ether oxygens (including phenoxy) is 2. The summed E-state index contributed by atoms with van der Waals surface area (Å²) < 4.78 is 10.3. The molecule has 0 aliphatic heterocycles. The van der Waals surface area contributed by atoms with Crippen molar-refractivity contribution in [3.63, 3.8) is 0 Å². The second kappa shape index (κ2) is 7.67. The van der Waals surface area contributed by atoms with Crippen LogP contribution in [-0.4, -0.2) is 31.6 Å². The fourth-order valence-corrected chi connectivity index (χ4v) is 1.79. The van der Waals surface area contributed by atoms with Crippen LogP contribution in [0.2, 0.25) is 0 Å². The average Bonchev–Trinajstić information content (AvgIpc) is 2.42. The van der Waals surface area contributed by atoms with Gasteiger partial charge in [-0.3, -0.25) is 9.59 Å². The van der Waals surface area contributed by atoms with Crippen molar-refractivity contribution in [3.05, 3.63) is 29.8 Å². The zero-order valence-corrected chi connectivity index (χ0v) is 13.1. The summed E-state index contributed by atoms with van der Waals surface area (Å²) in [7, 11) is 0. The normalized spacial score (nSPS) is 10.9. The van der Waals surface area contributed by atoms with Crippen molar-refractivity contribution in [1.82, 2.24) is 5.32 Å². The van der Waals surface area contributed by atoms with E-state index < -0.39 is 5.97 Å². The van der Waals surface area contributed by atoms with Gasteiger partial charge in [-0.05, 0) is 24.0 Å². The van der Waals surface area contributed by atoms with E-state index >= 15 is 0 Å². The molecule has 5 heteroatoms. The van der Waals surface area contributed by atoms with E-state index in [1.807, 2.05) is 24.3 Å². The maximum absolute atomic E-state index is 11.6. The van der Waals surface area contributed by atoms with Gasteiger partial charge in [0.1, 0.15) is 12.3 Å². The Morgan fingerprint density at radius 3 is 2.48 bits per heavy atom. The van der Waals surface area contributed by atoms with Crippen LogP contribution in [0.3, 0.4) is 0 Å². The van der Waals surface area contributed by atoms with E-state index in [1.54, 1.807) is 6.92 Å². The number of benzene rings is 1. The van der Waals surface area contributed by atoms with E-state index in [0.717, 1.165) is 5.56 Å². The van der Waals surface area contributed by atoms with E-state index in [4.69, 9.17) is 9.47 Å². The number of rotatable bonds is 6. The number of esters is 1. The Labute approximate surface area is 125 Å². The van der Waals surface area contributed by atoms with Gasteiger partial charge in [0.2, 0.25) is 0 Å². The molecule has 0 spiro atoms. The Hall–Kier alpha value is -2.04. The van der Waals surface area contributed by atoms with Crippen LogP contribution in [0.25, 0.3) is 0 Å². The topological polar surface area (TPSA) is 64.6 Å². The van der Waals surface area contributed by atoms with Crippen LogP contribution in [-0.2, 0) is 19.7 Å². The molecule has 0 aromatic heterocycles. The minimum atomic E-state index is -0.457. The van der Waals surface area contributed by atoms with Crippen LogP contribution in [0.4, 0.5) is 0 Å². The SMILES string of the molecule is CCOC(=O)CNC(=O)COc1ccccc1C(C)(C)C. The van der Waals surface area contributed by atoms with Crippen molar-refractivity contribution in [2.24, 2.45) is 0 Å². The lowest BCUT2D eigenvalue weighted by Gasteiger charge is -2.22. The predicted octanol–water partition coefficient (Wildman–Crippen LogP) is 2.04. The maximum atomic E-state index is 11.6. The zero-order chi connectivity index (χ0) is 15.9. The van der Waals surface area contributed by atoms with E-state index in [0.29, 0.717) is 12.4 Å². The van der Waals surface area contributed by atoms with Crippen molar-refractivity contribution < 1.29 is 19.1 Å². The molecule has 21 heavy (non-hydrogen) atoms. The van der Waals surface area contributed by atoms with Crippen molar-refractivity contribution in [3.8, 4) is 5.75 Å². The molecule has 0 aliphatic carbocycles. The average molecular weight is 293 g/mol. The number of para-hydroxylation sites is 1. The highest BCUT2D eigenvalue weighted by atomic mass is 16.5. The Morgan fingerprint density at radius 1 is 1.19 bits per heavy atom. The quantitative estimate of drug-likeness (QED) is 0.815. The molecular weight excluding hydrogens is 270 g/mol. The van der Waals surface area contributed by atoms with E-state index in [2.05, 4.69) is 26.1 Å². The number of carbonyl (C=O) groups excluding carboxylic acids is 2. The minimum Gasteiger partial charge on any atom is -0.483 e. The largest absolute Gasteiger partial charge is 0.483 e. The highest BCUT2D eigenvalue weighted by Crippen LogP contribution is 2.30. The first-order chi connectivity index (χ1) is 9.84. The van der Waals surface area contributed by atoms with E-state index in [1.165, 1.54) is 0 Å². The van der Waals surface area contributed by atoms with Gasteiger partial charge in [0, 0.05) is 0 Å². The van der Waals surface area contributed by atoms with Crippen molar-refractivity contribution in [1.29, 1.82) is 0 Å². The van der Waals surface area contributed by atoms with E-state index in [-0.39, 0.29) is 24.5 Å². The van der Waals surface area contributed by atoms with Gasteiger partial charge in [0.15, 0.2) is 6.61 Å². The molecule has 1 N–H and O–H groups in total. The number of hydrogen-bond donors (Lipinski definition) is 1. The smallest absolute Gasteiger partial charge is 0.325 e. The van der Waals surface area contributed by atoms with Gasteiger partial charge in [-0.2, -0.15) is 0 Å². The minimum absolute atomic E-state index is 0.0714. The monoisotopic (exact) mass is 293 g/mol. The second-order valence-electron chi connectivity index (χ2n) is 5.62. The maximum Gasteiger partial charge on any atom is 0.325 e. The van der Waals surface area contributed by atoms with Crippen LogP contribution in [0, 0.1) is 0 Å². The summed E-state index contributed by atoms with van der Waals surface area (Å²) in [6, 6.07) is 7.61. The molecule has 0 aliphatic rings. The van der Waals surface area contributed by atoms with Crippen LogP contribution in [0.5, 0.6) is 5.75 Å². The summed E-state index contributed by atoms with van der Waals surface area (Å²) in [6.45, 7) is 7.97. The summed E-state index contributed by atoms with van der Waals surface area (Å²) >= 11 is 0. The van der Waals surface area contributed by atoms with Gasteiger partial charge in [-0.15, -0.1) is 0 Å². The molecule has 0 fully saturated rings. The third-order valence-electron chi connectivity index (χ3n) is 2.79. The van der Waals surface area contributed by atoms with Crippen molar-refractivity contribution in [2.45, 2.75) is 33.1 Å². The Bertz CT molecular complexity index is 491. The summed E-state index contributed by atoms with van der Waals surface area (Å²) in [5.74, 6) is -0.135. The number of hydrogen-bond acceptors (Lipinski definition) is 4. The second-order valence-corrected chi connectivity index (χ2v) is 5.62. The summed E-state index contributed by atoms with van der Waals surface area (Å²) in [5.41, 5.74) is 0.959. The molecule has 1 aromatic rings. The van der Waals surface area contributed by atoms with Gasteiger partial charge in [0.25, 0.3) is 5.91 Å². The molecule has 0 heterocycles. The van der Waals surface area contributed by atoms with Gasteiger partial charge in [-0.25, -0.2) is 0 Å². The summed E-state index contributed by atoms with van der Waals surface area (Å²) in [5, 5.41) is 2.46. The molecule has 1 amide bonds. The fraction of sp³-hybridized carbons (Fsp3) is 0.500. The molecule has 0 radical (unpaired) electrons. The highest BCUT2D eigenvalue weighted by Gasteiger charge is 2.18. The molecule has 116 valence electrons. The van der Waals surface area contributed by atoms with Gasteiger partial charge >= 0.3 is 5.97 Å². The van der Waals surface area contributed by atoms with Gasteiger partial charge in [-0.1, -0.05) is 39.0 Å². The lowest BCUT2D eigenvalue weighted by Crippen LogP contribution is -2.34. The molecule has 5 nitrogen and oxygen atoms in total. The summed E-state index contributed by atoms with van der Waals surface area (Å²) in [6.07, 6.45) is 0. The Balaban J connectivity index is 2.52. The fourth-order valence-electron chi connectivity index (χ4n) is 1.79. The molecule has 0 saturated heterocycles. The Morgan fingerprint density at radius 2 is 1.86 bits per heavy atom. The van der Waals surface area contributed by atoms with E-state index in [9.17, 15) is 9.59 Å². The van der Waals surface area contributed by atoms with Gasteiger partial charge in [0.05, 0.1) is 6.61 Å². The number of nitrogens with one attached hydrogen (secondary N) is 1. The first kappa shape index (κ1) is 17.0.